The summed E-state index contributed by atoms with van der Waals surface area (Å²) >= 11 is 0. The van der Waals surface area contributed by atoms with E-state index in [1.807, 2.05) is 6.92 Å². The van der Waals surface area contributed by atoms with Gasteiger partial charge in [0.25, 0.3) is 0 Å². The average Bonchev–Trinajstić information content (AvgIpc) is 1.82. The van der Waals surface area contributed by atoms with Gasteiger partial charge in [-0.15, -0.1) is 0 Å². The van der Waals surface area contributed by atoms with Crippen molar-refractivity contribution in [2.75, 3.05) is 6.54 Å². The predicted molar refractivity (Wildman–Crippen MR) is 36.0 cm³/mol. The highest BCUT2D eigenvalue weighted by molar-refractivity contribution is 4.98. The summed E-state index contributed by atoms with van der Waals surface area (Å²) in [5.74, 6) is -2.42. The molecule has 0 spiro atoms. The highest BCUT2D eigenvalue weighted by atomic mass is 19.3. The van der Waals surface area contributed by atoms with Gasteiger partial charge in [0.2, 0.25) is 5.92 Å². The van der Waals surface area contributed by atoms with Crippen molar-refractivity contribution in [3.05, 3.63) is 0 Å². The van der Waals surface area contributed by atoms with Gasteiger partial charge in [0.05, 0.1) is 0 Å². The Kier molecular flexibility index (Phi) is 1.71. The molecule has 0 radical (unpaired) electrons. The van der Waals surface area contributed by atoms with Crippen molar-refractivity contribution in [1.82, 2.24) is 0 Å². The van der Waals surface area contributed by atoms with Crippen molar-refractivity contribution in [1.29, 1.82) is 0 Å². The van der Waals surface area contributed by atoms with E-state index in [0.29, 0.717) is 6.54 Å². The number of halogens is 2. The number of hydrogen-bond donors (Lipinski definition) is 1. The topological polar surface area (TPSA) is 26.0 Å². The molecule has 1 rings (SSSR count). The van der Waals surface area contributed by atoms with Gasteiger partial charge in [-0.05, 0) is 18.4 Å². The van der Waals surface area contributed by atoms with Crippen LogP contribution >= 0.6 is 0 Å². The lowest BCUT2D eigenvalue weighted by Crippen LogP contribution is -2.49. The van der Waals surface area contributed by atoms with Crippen LogP contribution in [-0.4, -0.2) is 12.5 Å². The smallest absolute Gasteiger partial charge is 0.249 e. The first-order valence-corrected chi connectivity index (χ1v) is 3.61. The third-order valence-electron chi connectivity index (χ3n) is 2.45. The molecule has 0 heterocycles. The number of alkyl halides is 2. The minimum absolute atomic E-state index is 0.00694. The van der Waals surface area contributed by atoms with Crippen LogP contribution in [0.25, 0.3) is 0 Å². The molecule has 0 aromatic carbocycles. The van der Waals surface area contributed by atoms with Crippen LogP contribution in [0.2, 0.25) is 0 Å². The molecule has 0 atom stereocenters. The Balaban J connectivity index is 2.46. The third kappa shape index (κ3) is 1.15. The van der Waals surface area contributed by atoms with Crippen LogP contribution in [0.1, 0.15) is 26.2 Å². The fourth-order valence-electron chi connectivity index (χ4n) is 1.58. The summed E-state index contributed by atoms with van der Waals surface area (Å²) in [4.78, 5) is 0. The zero-order chi connectivity index (χ0) is 7.83. The van der Waals surface area contributed by atoms with Crippen molar-refractivity contribution >= 4 is 0 Å². The Hall–Kier alpha value is -0.180. The van der Waals surface area contributed by atoms with Crippen molar-refractivity contribution in [3.63, 3.8) is 0 Å². The van der Waals surface area contributed by atoms with E-state index in [0.717, 1.165) is 6.42 Å². The van der Waals surface area contributed by atoms with Crippen LogP contribution in [0.3, 0.4) is 0 Å². The SMILES string of the molecule is CCC1(CN)CC(F)(F)C1. The molecule has 10 heavy (non-hydrogen) atoms. The molecule has 1 aliphatic rings. The minimum Gasteiger partial charge on any atom is -0.330 e. The van der Waals surface area contributed by atoms with Crippen LogP contribution in [0.5, 0.6) is 0 Å². The summed E-state index contributed by atoms with van der Waals surface area (Å²) in [6, 6.07) is 0. The molecule has 0 aliphatic heterocycles. The first-order valence-electron chi connectivity index (χ1n) is 3.61. The van der Waals surface area contributed by atoms with E-state index in [4.69, 9.17) is 5.73 Å². The van der Waals surface area contributed by atoms with E-state index in [1.165, 1.54) is 0 Å². The van der Waals surface area contributed by atoms with E-state index in [-0.39, 0.29) is 18.3 Å². The first kappa shape index (κ1) is 7.92. The van der Waals surface area contributed by atoms with Gasteiger partial charge >= 0.3 is 0 Å². The average molecular weight is 149 g/mol. The van der Waals surface area contributed by atoms with Crippen LogP contribution in [0, 0.1) is 5.41 Å². The summed E-state index contributed by atoms with van der Waals surface area (Å²) in [5.41, 5.74) is 5.13. The van der Waals surface area contributed by atoms with Gasteiger partial charge in [0.1, 0.15) is 0 Å². The molecule has 0 unspecified atom stereocenters. The number of hydrogen-bond acceptors (Lipinski definition) is 1. The fourth-order valence-corrected chi connectivity index (χ4v) is 1.58. The molecule has 0 bridgehead atoms. The van der Waals surface area contributed by atoms with E-state index in [9.17, 15) is 8.78 Å². The molecule has 3 heteroatoms. The molecule has 60 valence electrons. The molecule has 0 amide bonds. The zero-order valence-electron chi connectivity index (χ0n) is 6.16. The van der Waals surface area contributed by atoms with Crippen LogP contribution in [0.15, 0.2) is 0 Å². The number of rotatable bonds is 2. The summed E-state index contributed by atoms with van der Waals surface area (Å²) in [6.45, 7) is 2.32. The molecular weight excluding hydrogens is 136 g/mol. The van der Waals surface area contributed by atoms with Gasteiger partial charge in [0.15, 0.2) is 0 Å². The predicted octanol–water partition coefficient (Wildman–Crippen LogP) is 1.77. The van der Waals surface area contributed by atoms with Crippen molar-refractivity contribution < 1.29 is 8.78 Å². The summed E-state index contributed by atoms with van der Waals surface area (Å²) in [5, 5.41) is 0. The van der Waals surface area contributed by atoms with Crippen molar-refractivity contribution in [2.45, 2.75) is 32.1 Å². The Morgan fingerprint density at radius 2 is 1.90 bits per heavy atom. The van der Waals surface area contributed by atoms with Crippen LogP contribution in [0.4, 0.5) is 8.78 Å². The lowest BCUT2D eigenvalue weighted by molar-refractivity contribution is -0.158. The molecule has 1 nitrogen and oxygen atoms in total. The molecule has 0 saturated heterocycles. The van der Waals surface area contributed by atoms with E-state index >= 15 is 0 Å². The highest BCUT2D eigenvalue weighted by Crippen LogP contribution is 2.53. The molecule has 2 N–H and O–H groups in total. The van der Waals surface area contributed by atoms with Gasteiger partial charge in [-0.3, -0.25) is 0 Å². The van der Waals surface area contributed by atoms with E-state index in [2.05, 4.69) is 0 Å². The molecule has 1 aliphatic carbocycles. The Morgan fingerprint density at radius 3 is 2.00 bits per heavy atom. The second-order valence-corrected chi connectivity index (χ2v) is 3.27. The van der Waals surface area contributed by atoms with Crippen molar-refractivity contribution in [2.24, 2.45) is 11.1 Å². The standard InChI is InChI=1S/C7H13F2N/c1-2-6(5-10)3-7(8,9)4-6/h2-5,10H2,1H3. The van der Waals surface area contributed by atoms with Gasteiger partial charge in [-0.25, -0.2) is 8.78 Å². The maximum absolute atomic E-state index is 12.4. The molecule has 0 aromatic heterocycles. The van der Waals surface area contributed by atoms with Crippen LogP contribution < -0.4 is 5.73 Å². The van der Waals surface area contributed by atoms with Gasteiger partial charge in [0, 0.05) is 12.8 Å². The highest BCUT2D eigenvalue weighted by Gasteiger charge is 2.54. The minimum atomic E-state index is -2.42. The normalized spacial score (nSPS) is 27.6. The third-order valence-corrected chi connectivity index (χ3v) is 2.45. The Bertz CT molecular complexity index is 120. The maximum atomic E-state index is 12.4. The maximum Gasteiger partial charge on any atom is 0.249 e. The quantitative estimate of drug-likeness (QED) is 0.636. The zero-order valence-corrected chi connectivity index (χ0v) is 6.16. The van der Waals surface area contributed by atoms with Gasteiger partial charge < -0.3 is 5.73 Å². The molecular formula is C7H13F2N. The lowest BCUT2D eigenvalue weighted by Gasteiger charge is -2.46. The number of nitrogens with two attached hydrogens (primary N) is 1. The van der Waals surface area contributed by atoms with E-state index in [1.54, 1.807) is 0 Å². The van der Waals surface area contributed by atoms with Gasteiger partial charge in [-0.1, -0.05) is 6.92 Å². The summed E-state index contributed by atoms with van der Waals surface area (Å²) in [7, 11) is 0. The second kappa shape index (κ2) is 2.16. The summed E-state index contributed by atoms with van der Waals surface area (Å²) < 4.78 is 24.7. The van der Waals surface area contributed by atoms with Crippen molar-refractivity contribution in [3.8, 4) is 0 Å². The molecule has 1 fully saturated rings. The lowest BCUT2D eigenvalue weighted by atomic mass is 9.64. The second-order valence-electron chi connectivity index (χ2n) is 3.27. The Labute approximate surface area is 59.6 Å². The van der Waals surface area contributed by atoms with Crippen LogP contribution in [-0.2, 0) is 0 Å². The van der Waals surface area contributed by atoms with E-state index < -0.39 is 5.92 Å². The Morgan fingerprint density at radius 1 is 1.40 bits per heavy atom. The largest absolute Gasteiger partial charge is 0.330 e. The molecule has 0 aromatic rings. The van der Waals surface area contributed by atoms with Gasteiger partial charge in [-0.2, -0.15) is 0 Å². The molecule has 1 saturated carbocycles. The first-order chi connectivity index (χ1) is 4.54. The summed E-state index contributed by atoms with van der Waals surface area (Å²) in [6.07, 6.45) is 0.763. The fraction of sp³-hybridized carbons (Fsp3) is 1.00. The monoisotopic (exact) mass is 149 g/mol.